The monoisotopic (exact) mass is 279 g/mol. The lowest BCUT2D eigenvalue weighted by Crippen LogP contribution is -2.34. The van der Waals surface area contributed by atoms with Crippen molar-refractivity contribution in [3.05, 3.63) is 18.2 Å². The molecule has 0 radical (unpaired) electrons. The number of aromatic nitrogens is 2. The van der Waals surface area contributed by atoms with Gasteiger partial charge in [-0.1, -0.05) is 6.92 Å². The Morgan fingerprint density at radius 2 is 2.25 bits per heavy atom. The average Bonchev–Trinajstić information content (AvgIpc) is 2.80. The van der Waals surface area contributed by atoms with E-state index in [4.69, 9.17) is 4.74 Å². The summed E-state index contributed by atoms with van der Waals surface area (Å²) in [5.74, 6) is 1.55. The van der Waals surface area contributed by atoms with E-state index in [-0.39, 0.29) is 6.04 Å². The number of rotatable bonds is 4. The van der Waals surface area contributed by atoms with Crippen LogP contribution in [0.5, 0.6) is 0 Å². The number of nitrogens with one attached hydrogen (secondary N) is 1. The Morgan fingerprint density at radius 1 is 1.60 bits per heavy atom. The highest BCUT2D eigenvalue weighted by molar-refractivity contribution is 5.68. The van der Waals surface area contributed by atoms with Crippen LogP contribution in [-0.2, 0) is 11.3 Å². The molecule has 3 unspecified atom stereocenters. The van der Waals surface area contributed by atoms with Crippen LogP contribution in [0.4, 0.5) is 4.79 Å². The molecule has 0 bridgehead atoms. The predicted octanol–water partition coefficient (Wildman–Crippen LogP) is 3.12. The molecule has 1 aromatic rings. The molecule has 0 saturated heterocycles. The maximum absolute atomic E-state index is 11.8. The minimum Gasteiger partial charge on any atom is -0.444 e. The number of hydrogen-bond donors (Lipinski definition) is 1. The molecule has 1 amide bonds. The highest BCUT2D eigenvalue weighted by Gasteiger charge is 2.33. The van der Waals surface area contributed by atoms with Crippen molar-refractivity contribution in [3.8, 4) is 0 Å². The van der Waals surface area contributed by atoms with Crippen LogP contribution in [0.25, 0.3) is 0 Å². The van der Waals surface area contributed by atoms with E-state index in [0.717, 1.165) is 24.1 Å². The van der Waals surface area contributed by atoms with E-state index in [1.54, 1.807) is 0 Å². The van der Waals surface area contributed by atoms with Crippen LogP contribution in [0.3, 0.4) is 0 Å². The van der Waals surface area contributed by atoms with Gasteiger partial charge in [0.2, 0.25) is 0 Å². The Bertz CT molecular complexity index is 476. The number of alkyl carbamates (subject to hydrolysis) is 1. The highest BCUT2D eigenvalue weighted by atomic mass is 16.6. The molecule has 2 rings (SSSR count). The predicted molar refractivity (Wildman–Crippen MR) is 77.3 cm³/mol. The molecule has 0 aromatic carbocycles. The molecule has 3 atom stereocenters. The van der Waals surface area contributed by atoms with Gasteiger partial charge >= 0.3 is 6.09 Å². The van der Waals surface area contributed by atoms with Gasteiger partial charge in [-0.2, -0.15) is 0 Å². The third-order valence-electron chi connectivity index (χ3n) is 3.63. The van der Waals surface area contributed by atoms with Crippen LogP contribution < -0.4 is 5.32 Å². The second kappa shape index (κ2) is 5.46. The summed E-state index contributed by atoms with van der Waals surface area (Å²) in [5, 5.41) is 2.86. The molecule has 0 spiro atoms. The number of hydrogen-bond acceptors (Lipinski definition) is 3. The summed E-state index contributed by atoms with van der Waals surface area (Å²) < 4.78 is 7.41. The maximum atomic E-state index is 11.8. The number of imidazole rings is 1. The van der Waals surface area contributed by atoms with Gasteiger partial charge in [-0.3, -0.25) is 0 Å². The van der Waals surface area contributed by atoms with Crippen LogP contribution in [0.15, 0.2) is 12.5 Å². The second-order valence-corrected chi connectivity index (χ2v) is 6.81. The lowest BCUT2D eigenvalue weighted by atomic mass is 10.2. The Balaban J connectivity index is 1.93. The quantitative estimate of drug-likeness (QED) is 0.921. The fourth-order valence-electron chi connectivity index (χ4n) is 2.31. The van der Waals surface area contributed by atoms with Gasteiger partial charge in [0.25, 0.3) is 0 Å². The topological polar surface area (TPSA) is 56.1 Å². The van der Waals surface area contributed by atoms with Gasteiger partial charge in [0.05, 0.1) is 24.3 Å². The van der Waals surface area contributed by atoms with Crippen molar-refractivity contribution in [1.29, 1.82) is 0 Å². The Hall–Kier alpha value is -1.52. The standard InChI is InChI=1S/C15H25N3O2/c1-10-6-12(10)8-18-9-16-7-13(18)11(2)17-14(19)20-15(3,4)5/h7,9-12H,6,8H2,1-5H3,(H,17,19). The zero-order valence-electron chi connectivity index (χ0n) is 13.0. The van der Waals surface area contributed by atoms with E-state index in [0.29, 0.717) is 0 Å². The smallest absolute Gasteiger partial charge is 0.408 e. The van der Waals surface area contributed by atoms with E-state index < -0.39 is 11.7 Å². The summed E-state index contributed by atoms with van der Waals surface area (Å²) in [6.07, 6.45) is 4.55. The fraction of sp³-hybridized carbons (Fsp3) is 0.733. The molecule has 5 heteroatoms. The number of ether oxygens (including phenoxy) is 1. The van der Waals surface area contributed by atoms with Gasteiger partial charge in [-0.05, 0) is 46.0 Å². The maximum Gasteiger partial charge on any atom is 0.408 e. The molecule has 1 aliphatic carbocycles. The van der Waals surface area contributed by atoms with E-state index >= 15 is 0 Å². The first-order chi connectivity index (χ1) is 9.26. The van der Waals surface area contributed by atoms with Crippen molar-refractivity contribution in [2.45, 2.75) is 59.2 Å². The Morgan fingerprint density at radius 3 is 2.80 bits per heavy atom. The molecule has 20 heavy (non-hydrogen) atoms. The minimum atomic E-state index is -0.479. The molecule has 1 heterocycles. The number of carbonyl (C=O) groups is 1. The van der Waals surface area contributed by atoms with Gasteiger partial charge in [-0.15, -0.1) is 0 Å². The largest absolute Gasteiger partial charge is 0.444 e. The van der Waals surface area contributed by atoms with Gasteiger partial charge in [0.15, 0.2) is 0 Å². The van der Waals surface area contributed by atoms with Gasteiger partial charge in [0.1, 0.15) is 5.60 Å². The lowest BCUT2D eigenvalue weighted by molar-refractivity contribution is 0.0506. The molecule has 5 nitrogen and oxygen atoms in total. The SMILES string of the molecule is CC(NC(=O)OC(C)(C)C)c1cncn1CC1CC1C. The number of nitrogens with zero attached hydrogens (tertiary/aromatic N) is 2. The molecule has 1 aromatic heterocycles. The van der Waals surface area contributed by atoms with E-state index in [1.807, 2.05) is 40.2 Å². The third-order valence-corrected chi connectivity index (χ3v) is 3.63. The van der Waals surface area contributed by atoms with Crippen LogP contribution in [-0.4, -0.2) is 21.2 Å². The summed E-state index contributed by atoms with van der Waals surface area (Å²) in [4.78, 5) is 16.0. The van der Waals surface area contributed by atoms with Crippen molar-refractivity contribution in [2.75, 3.05) is 0 Å². The van der Waals surface area contributed by atoms with E-state index in [9.17, 15) is 4.79 Å². The molecular formula is C15H25N3O2. The molecule has 1 saturated carbocycles. The normalized spacial score (nSPS) is 23.2. The van der Waals surface area contributed by atoms with Gasteiger partial charge in [-0.25, -0.2) is 9.78 Å². The average molecular weight is 279 g/mol. The summed E-state index contributed by atoms with van der Waals surface area (Å²) in [5.41, 5.74) is 0.544. The summed E-state index contributed by atoms with van der Waals surface area (Å²) in [6, 6.07) is -0.110. The van der Waals surface area contributed by atoms with Crippen LogP contribution in [0, 0.1) is 11.8 Å². The van der Waals surface area contributed by atoms with Crippen molar-refractivity contribution in [3.63, 3.8) is 0 Å². The van der Waals surface area contributed by atoms with Crippen LogP contribution in [0.1, 0.15) is 52.8 Å². The molecular weight excluding hydrogens is 254 g/mol. The highest BCUT2D eigenvalue weighted by Crippen LogP contribution is 2.39. The van der Waals surface area contributed by atoms with Crippen molar-refractivity contribution in [1.82, 2.24) is 14.9 Å². The molecule has 1 fully saturated rings. The molecule has 1 aliphatic rings. The first-order valence-electron chi connectivity index (χ1n) is 7.26. The molecule has 1 N–H and O–H groups in total. The molecule has 112 valence electrons. The number of amides is 1. The van der Waals surface area contributed by atoms with Gasteiger partial charge in [0, 0.05) is 6.54 Å². The fourth-order valence-corrected chi connectivity index (χ4v) is 2.31. The first-order valence-corrected chi connectivity index (χ1v) is 7.26. The van der Waals surface area contributed by atoms with Crippen LogP contribution in [0.2, 0.25) is 0 Å². The zero-order valence-corrected chi connectivity index (χ0v) is 13.0. The zero-order chi connectivity index (χ0) is 14.9. The van der Waals surface area contributed by atoms with Crippen molar-refractivity contribution < 1.29 is 9.53 Å². The van der Waals surface area contributed by atoms with E-state index in [2.05, 4.69) is 21.8 Å². The summed E-state index contributed by atoms with van der Waals surface area (Å²) >= 11 is 0. The Labute approximate surface area is 120 Å². The summed E-state index contributed by atoms with van der Waals surface area (Å²) in [7, 11) is 0. The number of carbonyl (C=O) groups excluding carboxylic acids is 1. The van der Waals surface area contributed by atoms with E-state index in [1.165, 1.54) is 6.42 Å². The van der Waals surface area contributed by atoms with Crippen LogP contribution >= 0.6 is 0 Å². The second-order valence-electron chi connectivity index (χ2n) is 6.81. The third kappa shape index (κ3) is 3.99. The van der Waals surface area contributed by atoms with Crippen molar-refractivity contribution >= 4 is 6.09 Å². The lowest BCUT2D eigenvalue weighted by Gasteiger charge is -2.22. The van der Waals surface area contributed by atoms with Crippen molar-refractivity contribution in [2.24, 2.45) is 11.8 Å². The first kappa shape index (κ1) is 14.9. The Kier molecular flexibility index (Phi) is 4.06. The molecule has 0 aliphatic heterocycles. The summed E-state index contributed by atoms with van der Waals surface area (Å²) in [6.45, 7) is 10.8. The minimum absolute atomic E-state index is 0.110. The van der Waals surface area contributed by atoms with Gasteiger partial charge < -0.3 is 14.6 Å².